The van der Waals surface area contributed by atoms with Crippen molar-refractivity contribution < 1.29 is 9.47 Å². The third-order valence-electron chi connectivity index (χ3n) is 15.1. The summed E-state index contributed by atoms with van der Waals surface area (Å²) in [5.41, 5.74) is 9.97. The molecular weight excluding hydrogens is 973 g/mol. The van der Waals surface area contributed by atoms with Gasteiger partial charge in [-0.3, -0.25) is 20.9 Å². The van der Waals surface area contributed by atoms with Gasteiger partial charge in [-0.05, 0) is 49.9 Å². The van der Waals surface area contributed by atoms with Gasteiger partial charge in [0.1, 0.15) is 12.1 Å². The standard InChI is InChI=1S/C62H90N14O2/c1-5-9-13-17-21-23-25-27-29-33-37-75-61-69-57-51-43-53(77-39-35-31-19-15-11-7-3)54(78-40-36-32-20-16-12-8-4)44-52(51)58(66-57)70-62-72-60(74-76(62)38-34-30-28-26-24-22-18-14-10-6-2)68-56-50-42-48(46-64)47(45-63)41-49(50)55(65-56)67-59(71-61)73-75/h41-44H,5-40H2,1-4H3,(H2,65,66,67,68,69,70,71,72,73,74). The van der Waals surface area contributed by atoms with Crippen LogP contribution >= 0.6 is 0 Å². The molecule has 2 N–H and O–H groups in total. The van der Waals surface area contributed by atoms with E-state index in [2.05, 4.69) is 50.7 Å². The van der Waals surface area contributed by atoms with Gasteiger partial charge in [-0.1, -0.05) is 207 Å². The van der Waals surface area contributed by atoms with Gasteiger partial charge in [-0.25, -0.2) is 9.98 Å². The Morgan fingerprint density at radius 2 is 0.692 bits per heavy atom. The van der Waals surface area contributed by atoms with E-state index < -0.39 is 0 Å². The fourth-order valence-electron chi connectivity index (χ4n) is 10.4. The van der Waals surface area contributed by atoms with Crippen LogP contribution in [-0.2, 0) is 0 Å². The molecule has 2 aromatic rings. The predicted molar refractivity (Wildman–Crippen MR) is 319 cm³/mol. The second-order valence-corrected chi connectivity index (χ2v) is 21.6. The Morgan fingerprint density at radius 3 is 1.12 bits per heavy atom. The zero-order valence-electron chi connectivity index (χ0n) is 47.9. The Kier molecular flexibility index (Phi) is 25.2. The van der Waals surface area contributed by atoms with Gasteiger partial charge in [-0.15, -0.1) is 0 Å². The molecule has 5 aliphatic rings. The van der Waals surface area contributed by atoms with Crippen molar-refractivity contribution in [3.05, 3.63) is 57.6 Å². The van der Waals surface area contributed by atoms with Gasteiger partial charge in [-0.2, -0.15) is 40.5 Å². The lowest BCUT2D eigenvalue weighted by Crippen LogP contribution is -2.39. The second kappa shape index (κ2) is 33.1. The number of unbranched alkanes of at least 4 members (excludes halogenated alkanes) is 28. The van der Waals surface area contributed by atoms with Crippen molar-refractivity contribution in [2.45, 2.75) is 233 Å². The van der Waals surface area contributed by atoms with Crippen molar-refractivity contribution in [2.24, 2.45) is 39.9 Å². The van der Waals surface area contributed by atoms with Crippen molar-refractivity contribution in [2.75, 3.05) is 26.3 Å². The molecule has 5 heterocycles. The van der Waals surface area contributed by atoms with Gasteiger partial charge in [0.15, 0.2) is 34.8 Å². The summed E-state index contributed by atoms with van der Waals surface area (Å²) in [6.45, 7) is 11.4. The molecule has 0 saturated heterocycles. The molecule has 0 radical (unpaired) electrons. The van der Waals surface area contributed by atoms with Crippen molar-refractivity contribution in [1.82, 2.24) is 20.9 Å². The van der Waals surface area contributed by atoms with Crippen molar-refractivity contribution in [1.29, 1.82) is 10.5 Å². The molecule has 0 unspecified atom stereocenters. The monoisotopic (exact) mass is 1060 g/mol. The minimum absolute atomic E-state index is 0.224. The minimum atomic E-state index is 0.224. The van der Waals surface area contributed by atoms with E-state index in [9.17, 15) is 10.5 Å². The minimum Gasteiger partial charge on any atom is -0.490 e. The highest BCUT2D eigenvalue weighted by atomic mass is 16.5. The van der Waals surface area contributed by atoms with E-state index in [1.54, 1.807) is 12.1 Å². The number of nitriles is 2. The maximum Gasteiger partial charge on any atom is 0.249 e. The van der Waals surface area contributed by atoms with Crippen LogP contribution in [0.2, 0.25) is 0 Å². The summed E-state index contributed by atoms with van der Waals surface area (Å²) in [7, 11) is 0. The summed E-state index contributed by atoms with van der Waals surface area (Å²) in [5.74, 6) is 4.20. The summed E-state index contributed by atoms with van der Waals surface area (Å²) in [4.78, 5) is 40.7. The first kappa shape index (κ1) is 59.2. The fourth-order valence-corrected chi connectivity index (χ4v) is 10.4. The summed E-state index contributed by atoms with van der Waals surface area (Å²) in [6.07, 6.45) is 38.2. The molecule has 8 bridgehead atoms. The molecule has 78 heavy (non-hydrogen) atoms. The second-order valence-electron chi connectivity index (χ2n) is 21.6. The molecule has 0 aromatic heterocycles. The lowest BCUT2D eigenvalue weighted by molar-refractivity contribution is 0.258. The van der Waals surface area contributed by atoms with Crippen LogP contribution in [0, 0.1) is 22.7 Å². The number of rotatable bonds is 38. The third-order valence-corrected chi connectivity index (χ3v) is 15.1. The molecule has 0 amide bonds. The molecule has 16 heteroatoms. The molecule has 0 saturated carbocycles. The first-order valence-electron chi connectivity index (χ1n) is 30.7. The molecule has 420 valence electrons. The lowest BCUT2D eigenvalue weighted by Gasteiger charge is -2.18. The first-order valence-corrected chi connectivity index (χ1v) is 30.7. The van der Waals surface area contributed by atoms with Gasteiger partial charge in [0.2, 0.25) is 23.8 Å². The molecule has 0 aliphatic carbocycles. The number of guanidine groups is 4. The number of amidine groups is 4. The number of benzene rings is 2. The molecule has 0 spiro atoms. The van der Waals surface area contributed by atoms with Crippen LogP contribution in [0.3, 0.4) is 0 Å². The van der Waals surface area contributed by atoms with Crippen molar-refractivity contribution in [3.8, 4) is 23.6 Å². The summed E-state index contributed by atoms with van der Waals surface area (Å²) < 4.78 is 13.3. The molecule has 0 fully saturated rings. The Hall–Kier alpha value is -6.42. The SMILES string of the molecule is CCCCCCCCCCCCN1NC2=NC3=NC(=NC4=NC(=NC5=NC(=NC1=N2)c1cc(OCCCCCCCC)c(OCCCCCCCC)cc15)N(CCCCCCCCCCCC)N4)c1cc(C#N)c(C#N)cc13. The molecular formula is C62H90N14O2. The number of aliphatic imine (C=N–C) groups is 8. The number of hydrogen-bond acceptors (Lipinski definition) is 16. The molecule has 2 aromatic carbocycles. The number of fused-ring (bicyclic) bond motifs is 10. The zero-order chi connectivity index (χ0) is 54.6. The number of hydrazine groups is 2. The van der Waals surface area contributed by atoms with Gasteiger partial charge in [0, 0.05) is 35.3 Å². The quantitative estimate of drug-likeness (QED) is 0.0620. The maximum atomic E-state index is 10.1. The molecule has 16 nitrogen and oxygen atoms in total. The van der Waals surface area contributed by atoms with E-state index in [4.69, 9.17) is 49.4 Å². The Balaban J connectivity index is 1.25. The number of hydrogen-bond donors (Lipinski definition) is 2. The van der Waals surface area contributed by atoms with Crippen LogP contribution in [0.5, 0.6) is 11.5 Å². The topological polar surface area (TPSA) is 195 Å². The van der Waals surface area contributed by atoms with E-state index in [1.165, 1.54) is 141 Å². The van der Waals surface area contributed by atoms with Gasteiger partial charge in [0.25, 0.3) is 0 Å². The van der Waals surface area contributed by atoms with Crippen LogP contribution in [-0.4, -0.2) is 83.5 Å². The highest BCUT2D eigenvalue weighted by Gasteiger charge is 2.33. The average Bonchev–Trinajstić information content (AvgIpc) is 4.36. The zero-order valence-corrected chi connectivity index (χ0v) is 47.9. The predicted octanol–water partition coefficient (Wildman–Crippen LogP) is 14.5. The fraction of sp³-hybridized carbons (Fsp3) is 0.645. The van der Waals surface area contributed by atoms with E-state index in [1.807, 2.05) is 22.2 Å². The highest BCUT2D eigenvalue weighted by Crippen LogP contribution is 2.36. The Morgan fingerprint density at radius 1 is 0.359 bits per heavy atom. The number of nitrogens with one attached hydrogen (secondary N) is 2. The van der Waals surface area contributed by atoms with Crippen LogP contribution in [0.15, 0.2) is 64.2 Å². The van der Waals surface area contributed by atoms with E-state index in [0.29, 0.717) is 84.2 Å². The maximum absolute atomic E-state index is 10.1. The Labute approximate surface area is 466 Å². The lowest BCUT2D eigenvalue weighted by atomic mass is 10.00. The summed E-state index contributed by atoms with van der Waals surface area (Å²) >= 11 is 0. The molecule has 7 rings (SSSR count). The summed E-state index contributed by atoms with van der Waals surface area (Å²) in [5, 5.41) is 24.1. The highest BCUT2D eigenvalue weighted by molar-refractivity contribution is 6.29. The van der Waals surface area contributed by atoms with E-state index >= 15 is 0 Å². The number of ether oxygens (including phenoxy) is 2. The number of nitrogens with zero attached hydrogens (tertiary/aromatic N) is 12. The van der Waals surface area contributed by atoms with Crippen molar-refractivity contribution in [3.63, 3.8) is 0 Å². The van der Waals surface area contributed by atoms with Gasteiger partial charge < -0.3 is 9.47 Å². The largest absolute Gasteiger partial charge is 0.490 e. The van der Waals surface area contributed by atoms with Crippen LogP contribution < -0.4 is 20.3 Å². The molecule has 0 atom stereocenters. The van der Waals surface area contributed by atoms with Crippen LogP contribution in [0.4, 0.5) is 0 Å². The normalized spacial score (nSPS) is 14.9. The van der Waals surface area contributed by atoms with Gasteiger partial charge in [0.05, 0.1) is 24.3 Å². The molecule has 5 aliphatic heterocycles. The summed E-state index contributed by atoms with van der Waals surface area (Å²) in [6, 6.07) is 11.7. The Bertz CT molecular complexity index is 2610. The van der Waals surface area contributed by atoms with Crippen LogP contribution in [0.1, 0.15) is 267 Å². The van der Waals surface area contributed by atoms with Crippen LogP contribution in [0.25, 0.3) is 0 Å². The van der Waals surface area contributed by atoms with E-state index in [0.717, 1.165) is 75.3 Å². The van der Waals surface area contributed by atoms with E-state index in [-0.39, 0.29) is 23.0 Å². The average molecular weight is 1060 g/mol. The third kappa shape index (κ3) is 17.8. The van der Waals surface area contributed by atoms with Gasteiger partial charge >= 0.3 is 0 Å². The van der Waals surface area contributed by atoms with Crippen molar-refractivity contribution >= 4 is 47.2 Å². The smallest absolute Gasteiger partial charge is 0.249 e. The first-order chi connectivity index (χ1) is 38.5.